The molecule has 0 N–H and O–H groups in total. The molecule has 0 bridgehead atoms. The number of carbonyl (C=O) groups excluding carboxylic acids is 3. The molecule has 2 fully saturated rings. The number of halogens is 3. The van der Waals surface area contributed by atoms with Crippen LogP contribution in [0.25, 0.3) is 0 Å². The monoisotopic (exact) mass is 401 g/mol. The molecule has 4 amide bonds. The number of rotatable bonds is 5. The van der Waals surface area contributed by atoms with E-state index < -0.39 is 49.2 Å². The molecule has 3 rings (SSSR count). The minimum Gasteiger partial charge on any atom is -0.467 e. The normalized spacial score (nSPS) is 19.6. The fourth-order valence-electron chi connectivity index (χ4n) is 3.95. The molecular weight excluding hydrogens is 379 g/mol. The lowest BCUT2D eigenvalue weighted by atomic mass is 9.81. The van der Waals surface area contributed by atoms with Gasteiger partial charge in [0, 0.05) is 7.05 Å². The first-order valence-corrected chi connectivity index (χ1v) is 9.11. The van der Waals surface area contributed by atoms with E-state index in [1.54, 1.807) is 0 Å². The summed E-state index contributed by atoms with van der Waals surface area (Å²) in [6, 6.07) is 2.30. The van der Waals surface area contributed by atoms with Gasteiger partial charge in [-0.15, -0.1) is 0 Å². The topological polar surface area (TPSA) is 74.1 Å². The highest BCUT2D eigenvalue weighted by Crippen LogP contribution is 2.39. The van der Waals surface area contributed by atoms with Gasteiger partial charge in [-0.05, 0) is 25.0 Å². The Morgan fingerprint density at radius 3 is 2.50 bits per heavy atom. The summed E-state index contributed by atoms with van der Waals surface area (Å²) in [6.45, 7) is -2.62. The van der Waals surface area contributed by atoms with Crippen LogP contribution in [0.2, 0.25) is 0 Å². The predicted molar refractivity (Wildman–Crippen MR) is 90.9 cm³/mol. The van der Waals surface area contributed by atoms with Crippen molar-refractivity contribution < 1.29 is 32.0 Å². The molecule has 1 aromatic heterocycles. The molecule has 2 aliphatic rings. The Labute approximate surface area is 160 Å². The van der Waals surface area contributed by atoms with Crippen molar-refractivity contribution in [3.05, 3.63) is 24.2 Å². The molecule has 7 nitrogen and oxygen atoms in total. The summed E-state index contributed by atoms with van der Waals surface area (Å²) in [6.07, 6.45) is 0.185. The Kier molecular flexibility index (Phi) is 5.40. The number of furan rings is 1. The van der Waals surface area contributed by atoms with Crippen molar-refractivity contribution in [2.24, 2.45) is 0 Å². The van der Waals surface area contributed by atoms with Crippen molar-refractivity contribution in [2.45, 2.75) is 50.4 Å². The highest BCUT2D eigenvalue weighted by atomic mass is 19.4. The third kappa shape index (κ3) is 3.85. The zero-order valence-electron chi connectivity index (χ0n) is 15.5. The van der Waals surface area contributed by atoms with Gasteiger partial charge >= 0.3 is 12.2 Å². The van der Waals surface area contributed by atoms with Crippen LogP contribution in [0.5, 0.6) is 0 Å². The van der Waals surface area contributed by atoms with Gasteiger partial charge in [-0.2, -0.15) is 13.2 Å². The first-order chi connectivity index (χ1) is 13.1. The molecule has 0 aromatic carbocycles. The summed E-state index contributed by atoms with van der Waals surface area (Å²) < 4.78 is 43.8. The number of imide groups is 1. The second-order valence-corrected chi connectivity index (χ2v) is 7.27. The second-order valence-electron chi connectivity index (χ2n) is 7.27. The molecule has 1 saturated heterocycles. The quantitative estimate of drug-likeness (QED) is 0.712. The van der Waals surface area contributed by atoms with Crippen LogP contribution >= 0.6 is 0 Å². The van der Waals surface area contributed by atoms with Gasteiger partial charge in [-0.3, -0.25) is 14.5 Å². The van der Waals surface area contributed by atoms with Gasteiger partial charge in [0.25, 0.3) is 5.91 Å². The number of alkyl halides is 3. The van der Waals surface area contributed by atoms with Crippen molar-refractivity contribution in [3.8, 4) is 0 Å². The molecule has 0 atom stereocenters. The largest absolute Gasteiger partial charge is 0.467 e. The molecule has 1 aliphatic heterocycles. The Morgan fingerprint density at radius 2 is 1.93 bits per heavy atom. The molecule has 10 heteroatoms. The van der Waals surface area contributed by atoms with Gasteiger partial charge in [0.2, 0.25) is 5.91 Å². The minimum atomic E-state index is -4.62. The van der Waals surface area contributed by atoms with Gasteiger partial charge < -0.3 is 14.2 Å². The maximum absolute atomic E-state index is 12.9. The number of nitrogens with zero attached hydrogens (tertiary/aromatic N) is 3. The van der Waals surface area contributed by atoms with Gasteiger partial charge in [-0.1, -0.05) is 19.3 Å². The van der Waals surface area contributed by atoms with E-state index in [9.17, 15) is 27.6 Å². The first kappa shape index (κ1) is 20.2. The molecular formula is C18H22F3N3O4. The van der Waals surface area contributed by atoms with E-state index in [1.165, 1.54) is 30.3 Å². The van der Waals surface area contributed by atoms with Gasteiger partial charge in [0.15, 0.2) is 0 Å². The highest BCUT2D eigenvalue weighted by Gasteiger charge is 2.56. The van der Waals surface area contributed by atoms with E-state index in [0.717, 1.165) is 24.2 Å². The van der Waals surface area contributed by atoms with Crippen LogP contribution in [0.1, 0.15) is 37.9 Å². The second kappa shape index (κ2) is 7.48. The Balaban J connectivity index is 1.76. The summed E-state index contributed by atoms with van der Waals surface area (Å²) >= 11 is 0. The van der Waals surface area contributed by atoms with E-state index in [4.69, 9.17) is 4.42 Å². The van der Waals surface area contributed by atoms with E-state index in [2.05, 4.69) is 0 Å². The van der Waals surface area contributed by atoms with Crippen molar-refractivity contribution >= 4 is 17.8 Å². The summed E-state index contributed by atoms with van der Waals surface area (Å²) in [4.78, 5) is 40.7. The van der Waals surface area contributed by atoms with Gasteiger partial charge in [-0.25, -0.2) is 4.79 Å². The summed E-state index contributed by atoms with van der Waals surface area (Å²) in [5, 5.41) is 0. The third-order valence-electron chi connectivity index (χ3n) is 5.43. The smallest absolute Gasteiger partial charge is 0.406 e. The van der Waals surface area contributed by atoms with E-state index in [-0.39, 0.29) is 5.76 Å². The average molecular weight is 401 g/mol. The molecule has 0 unspecified atom stereocenters. The number of amides is 4. The number of likely N-dealkylation sites (N-methyl/N-ethyl adjacent to an activating group) is 1. The van der Waals surface area contributed by atoms with Crippen LogP contribution in [0.3, 0.4) is 0 Å². The highest BCUT2D eigenvalue weighted by molar-refractivity contribution is 6.08. The SMILES string of the molecule is CN1C(=O)N(CC(=O)N(Cc2ccco2)CC(F)(F)F)C(=O)C12CCCCC2. The lowest BCUT2D eigenvalue weighted by molar-refractivity contribution is -0.163. The van der Waals surface area contributed by atoms with Crippen LogP contribution in [0.15, 0.2) is 22.8 Å². The lowest BCUT2D eigenvalue weighted by Gasteiger charge is -2.35. The van der Waals surface area contributed by atoms with E-state index >= 15 is 0 Å². The predicted octanol–water partition coefficient (Wildman–Crippen LogP) is 2.77. The summed E-state index contributed by atoms with van der Waals surface area (Å²) in [5.41, 5.74) is -0.981. The fourth-order valence-corrected chi connectivity index (χ4v) is 3.95. The van der Waals surface area contributed by atoms with E-state index in [0.29, 0.717) is 17.7 Å². The van der Waals surface area contributed by atoms with Gasteiger partial charge in [0.05, 0.1) is 12.8 Å². The van der Waals surface area contributed by atoms with Crippen molar-refractivity contribution in [1.29, 1.82) is 0 Å². The molecule has 154 valence electrons. The molecule has 0 radical (unpaired) electrons. The van der Waals surface area contributed by atoms with Crippen molar-refractivity contribution in [1.82, 2.24) is 14.7 Å². The number of carbonyl (C=O) groups is 3. The molecule has 1 aliphatic carbocycles. The minimum absolute atomic E-state index is 0.178. The van der Waals surface area contributed by atoms with E-state index in [1.807, 2.05) is 0 Å². The zero-order chi connectivity index (χ0) is 20.5. The third-order valence-corrected chi connectivity index (χ3v) is 5.43. The maximum atomic E-state index is 12.9. The molecule has 1 aromatic rings. The summed E-state index contributed by atoms with van der Waals surface area (Å²) in [5.74, 6) is -1.28. The van der Waals surface area contributed by atoms with Crippen LogP contribution in [-0.2, 0) is 16.1 Å². The van der Waals surface area contributed by atoms with Crippen molar-refractivity contribution in [2.75, 3.05) is 20.1 Å². The summed E-state index contributed by atoms with van der Waals surface area (Å²) in [7, 11) is 1.51. The molecule has 1 saturated carbocycles. The standard InChI is InChI=1S/C18H22F3N3O4/c1-22-16(27)24(15(26)17(22)7-3-2-4-8-17)11-14(25)23(12-18(19,20)21)10-13-6-5-9-28-13/h5-6,9H,2-4,7-8,10-12H2,1H3. The molecule has 28 heavy (non-hydrogen) atoms. The fraction of sp³-hybridized carbons (Fsp3) is 0.611. The number of hydrogen-bond donors (Lipinski definition) is 0. The average Bonchev–Trinajstić information content (AvgIpc) is 3.20. The first-order valence-electron chi connectivity index (χ1n) is 9.11. The maximum Gasteiger partial charge on any atom is 0.406 e. The Hall–Kier alpha value is -2.52. The van der Waals surface area contributed by atoms with Crippen LogP contribution < -0.4 is 0 Å². The van der Waals surface area contributed by atoms with Crippen molar-refractivity contribution in [3.63, 3.8) is 0 Å². The zero-order valence-corrected chi connectivity index (χ0v) is 15.5. The van der Waals surface area contributed by atoms with Crippen LogP contribution in [-0.4, -0.2) is 64.4 Å². The lowest BCUT2D eigenvalue weighted by Crippen LogP contribution is -2.50. The Bertz CT molecular complexity index is 742. The van der Waals surface area contributed by atoms with Crippen LogP contribution in [0.4, 0.5) is 18.0 Å². The molecule has 1 spiro atoms. The van der Waals surface area contributed by atoms with Crippen LogP contribution in [0, 0.1) is 0 Å². The Morgan fingerprint density at radius 1 is 1.25 bits per heavy atom. The van der Waals surface area contributed by atoms with Gasteiger partial charge in [0.1, 0.15) is 24.4 Å². The number of hydrogen-bond acceptors (Lipinski definition) is 4. The molecule has 2 heterocycles. The number of urea groups is 1.